The molecular weight excluding hydrogens is 323 g/mol. The number of para-hydroxylation sites is 1. The number of amides is 1. The monoisotopic (exact) mass is 338 g/mol. The quantitative estimate of drug-likeness (QED) is 0.794. The molecule has 1 unspecified atom stereocenters. The molecule has 0 fully saturated rings. The summed E-state index contributed by atoms with van der Waals surface area (Å²) in [6.07, 6.45) is 1.65. The van der Waals surface area contributed by atoms with Gasteiger partial charge >= 0.3 is 0 Å². The second-order valence-electron chi connectivity index (χ2n) is 5.75. The zero-order valence-electron chi connectivity index (χ0n) is 13.2. The topological polar surface area (TPSA) is 69.0 Å². The third-order valence-corrected chi connectivity index (χ3v) is 4.06. The van der Waals surface area contributed by atoms with Gasteiger partial charge in [-0.05, 0) is 23.8 Å². The molecule has 0 aliphatic carbocycles. The van der Waals surface area contributed by atoms with Gasteiger partial charge in [-0.25, -0.2) is 9.07 Å². The number of aromatic nitrogens is 3. The van der Waals surface area contributed by atoms with E-state index < -0.39 is 0 Å². The fourth-order valence-electron chi connectivity index (χ4n) is 2.92. The Morgan fingerprint density at radius 2 is 2.12 bits per heavy atom. The molecule has 126 valence electrons. The van der Waals surface area contributed by atoms with Crippen LogP contribution in [-0.2, 0) is 11.4 Å². The molecule has 2 aromatic carbocycles. The fraction of sp³-hybridized carbons (Fsp3) is 0.167. The number of nitrogens with one attached hydrogen (secondary N) is 1. The van der Waals surface area contributed by atoms with E-state index in [0.29, 0.717) is 11.7 Å². The Balaban J connectivity index is 1.63. The zero-order valence-corrected chi connectivity index (χ0v) is 13.2. The highest BCUT2D eigenvalue weighted by molar-refractivity contribution is 5.91. The predicted octanol–water partition coefficient (Wildman–Crippen LogP) is 2.93. The minimum Gasteiger partial charge on any atom is -0.489 e. The van der Waals surface area contributed by atoms with Crippen molar-refractivity contribution in [2.45, 2.75) is 19.1 Å². The van der Waals surface area contributed by atoms with Gasteiger partial charge < -0.3 is 4.74 Å². The summed E-state index contributed by atoms with van der Waals surface area (Å²) in [7, 11) is 0. The van der Waals surface area contributed by atoms with Crippen LogP contribution in [0.15, 0.2) is 54.9 Å². The number of rotatable bonds is 4. The molecule has 1 aliphatic heterocycles. The van der Waals surface area contributed by atoms with Crippen LogP contribution < -0.4 is 10.1 Å². The van der Waals surface area contributed by atoms with Gasteiger partial charge in [0.25, 0.3) is 0 Å². The van der Waals surface area contributed by atoms with Crippen molar-refractivity contribution in [3.05, 3.63) is 71.8 Å². The number of nitrogens with zero attached hydrogens (tertiary/aromatic N) is 3. The molecule has 2 heterocycles. The normalized spacial score (nSPS) is 16.2. The Morgan fingerprint density at radius 1 is 1.24 bits per heavy atom. The summed E-state index contributed by atoms with van der Waals surface area (Å²) in [5.74, 6) is 0.630. The van der Waals surface area contributed by atoms with E-state index in [2.05, 4.69) is 15.4 Å². The van der Waals surface area contributed by atoms with E-state index in [-0.39, 0.29) is 30.8 Å². The van der Waals surface area contributed by atoms with Crippen molar-refractivity contribution in [3.63, 3.8) is 0 Å². The molecule has 3 aromatic rings. The number of ether oxygens (including phenoxy) is 1. The van der Waals surface area contributed by atoms with E-state index in [0.717, 1.165) is 11.1 Å². The average Bonchev–Trinajstić information content (AvgIpc) is 3.08. The molecular formula is C18H15FN4O2. The molecule has 0 spiro atoms. The van der Waals surface area contributed by atoms with E-state index in [9.17, 15) is 9.18 Å². The van der Waals surface area contributed by atoms with Crippen molar-refractivity contribution < 1.29 is 13.9 Å². The Kier molecular flexibility index (Phi) is 3.89. The predicted molar refractivity (Wildman–Crippen MR) is 88.6 cm³/mol. The molecule has 1 aliphatic rings. The molecule has 0 bridgehead atoms. The van der Waals surface area contributed by atoms with Crippen molar-refractivity contribution in [2.24, 2.45) is 0 Å². The van der Waals surface area contributed by atoms with Gasteiger partial charge in [-0.15, -0.1) is 0 Å². The summed E-state index contributed by atoms with van der Waals surface area (Å²) in [5.41, 5.74) is 1.57. The first-order valence-corrected chi connectivity index (χ1v) is 7.86. The molecule has 0 saturated carbocycles. The van der Waals surface area contributed by atoms with Gasteiger partial charge in [0.05, 0.1) is 12.5 Å². The van der Waals surface area contributed by atoms with Gasteiger partial charge in [0.2, 0.25) is 11.9 Å². The smallest absolute Gasteiger partial charge is 0.229 e. The number of anilines is 1. The molecule has 1 aromatic heterocycles. The molecule has 7 heteroatoms. The molecule has 1 amide bonds. The standard InChI is InChI=1S/C18H15FN4O2/c19-13-5-3-4-12(8-13)10-25-16-7-2-1-6-14(16)15-9-17(24)22-18-20-11-21-23(15)18/h1-8,11,15H,9-10H2,(H,20,21,22,24). The Labute approximate surface area is 143 Å². The second-order valence-corrected chi connectivity index (χ2v) is 5.75. The van der Waals surface area contributed by atoms with Crippen molar-refractivity contribution in [1.82, 2.24) is 14.8 Å². The molecule has 25 heavy (non-hydrogen) atoms. The van der Waals surface area contributed by atoms with Crippen LogP contribution >= 0.6 is 0 Å². The summed E-state index contributed by atoms with van der Waals surface area (Å²) in [6.45, 7) is 0.234. The van der Waals surface area contributed by atoms with Gasteiger partial charge in [-0.2, -0.15) is 10.1 Å². The largest absolute Gasteiger partial charge is 0.489 e. The molecule has 1 N–H and O–H groups in total. The van der Waals surface area contributed by atoms with Crippen molar-refractivity contribution in [2.75, 3.05) is 5.32 Å². The minimum absolute atomic E-state index is 0.120. The van der Waals surface area contributed by atoms with Gasteiger partial charge in [0, 0.05) is 5.56 Å². The minimum atomic E-state index is -0.300. The third-order valence-electron chi connectivity index (χ3n) is 4.06. The Hall–Kier alpha value is -3.22. The lowest BCUT2D eigenvalue weighted by atomic mass is 10.0. The first kappa shape index (κ1) is 15.3. The maximum atomic E-state index is 13.3. The molecule has 0 saturated heterocycles. The van der Waals surface area contributed by atoms with Crippen molar-refractivity contribution in [3.8, 4) is 5.75 Å². The summed E-state index contributed by atoms with van der Waals surface area (Å²) in [5, 5.41) is 6.90. The summed E-state index contributed by atoms with van der Waals surface area (Å²) in [4.78, 5) is 16.0. The molecule has 0 radical (unpaired) electrons. The lowest BCUT2D eigenvalue weighted by Gasteiger charge is -2.25. The summed E-state index contributed by atoms with van der Waals surface area (Å²) < 4.78 is 20.9. The summed E-state index contributed by atoms with van der Waals surface area (Å²) >= 11 is 0. The SMILES string of the molecule is O=C1CC(c2ccccc2OCc2cccc(F)c2)n2ncnc2N1. The maximum Gasteiger partial charge on any atom is 0.229 e. The van der Waals surface area contributed by atoms with Crippen LogP contribution in [-0.4, -0.2) is 20.7 Å². The van der Waals surface area contributed by atoms with E-state index in [1.54, 1.807) is 16.8 Å². The van der Waals surface area contributed by atoms with Crippen molar-refractivity contribution >= 4 is 11.9 Å². The number of hydrogen-bond acceptors (Lipinski definition) is 4. The van der Waals surface area contributed by atoms with Gasteiger partial charge in [-0.3, -0.25) is 10.1 Å². The highest BCUT2D eigenvalue weighted by Gasteiger charge is 2.29. The van der Waals surface area contributed by atoms with Crippen LogP contribution in [0, 0.1) is 5.82 Å². The number of carbonyl (C=O) groups is 1. The Bertz CT molecular complexity index is 925. The van der Waals surface area contributed by atoms with Crippen LogP contribution in [0.4, 0.5) is 10.3 Å². The molecule has 4 rings (SSSR count). The molecule has 6 nitrogen and oxygen atoms in total. The van der Waals surface area contributed by atoms with Crippen LogP contribution in [0.25, 0.3) is 0 Å². The summed E-state index contributed by atoms with van der Waals surface area (Å²) in [6, 6.07) is 13.4. The second kappa shape index (κ2) is 6.35. The lowest BCUT2D eigenvalue weighted by Crippen LogP contribution is -2.29. The number of benzene rings is 2. The van der Waals surface area contributed by atoms with Gasteiger partial charge in [0.1, 0.15) is 24.5 Å². The molecule has 1 atom stereocenters. The van der Waals surface area contributed by atoms with Crippen LogP contribution in [0.5, 0.6) is 5.75 Å². The number of hydrogen-bond donors (Lipinski definition) is 1. The average molecular weight is 338 g/mol. The highest BCUT2D eigenvalue weighted by Crippen LogP contribution is 2.34. The van der Waals surface area contributed by atoms with Crippen molar-refractivity contribution in [1.29, 1.82) is 0 Å². The highest BCUT2D eigenvalue weighted by atomic mass is 19.1. The van der Waals surface area contributed by atoms with Crippen LogP contribution in [0.1, 0.15) is 23.6 Å². The Morgan fingerprint density at radius 3 is 3.00 bits per heavy atom. The van der Waals surface area contributed by atoms with E-state index in [4.69, 9.17) is 4.74 Å². The first-order chi connectivity index (χ1) is 12.2. The van der Waals surface area contributed by atoms with Crippen LogP contribution in [0.3, 0.4) is 0 Å². The van der Waals surface area contributed by atoms with E-state index in [1.165, 1.54) is 18.5 Å². The number of halogens is 1. The first-order valence-electron chi connectivity index (χ1n) is 7.86. The van der Waals surface area contributed by atoms with Crippen LogP contribution in [0.2, 0.25) is 0 Å². The van der Waals surface area contributed by atoms with Gasteiger partial charge in [0.15, 0.2) is 0 Å². The number of fused-ring (bicyclic) bond motifs is 1. The van der Waals surface area contributed by atoms with E-state index in [1.807, 2.05) is 24.3 Å². The third kappa shape index (κ3) is 3.08. The fourth-order valence-corrected chi connectivity index (χ4v) is 2.92. The van der Waals surface area contributed by atoms with E-state index >= 15 is 0 Å². The zero-order chi connectivity index (χ0) is 17.2. The maximum absolute atomic E-state index is 13.3. The van der Waals surface area contributed by atoms with Gasteiger partial charge in [-0.1, -0.05) is 30.3 Å². The number of carbonyl (C=O) groups excluding carboxylic acids is 1. The lowest BCUT2D eigenvalue weighted by molar-refractivity contribution is -0.117.